The van der Waals surface area contributed by atoms with Gasteiger partial charge in [-0.25, -0.2) is 4.79 Å². The third-order valence-electron chi connectivity index (χ3n) is 1.60. The summed E-state index contributed by atoms with van der Waals surface area (Å²) in [7, 11) is -1.20. The second-order valence-corrected chi connectivity index (χ2v) is 5.95. The fraction of sp³-hybridized carbons (Fsp3) is 0.636. The fourth-order valence-corrected chi connectivity index (χ4v) is 1.43. The number of carbonyl (C=O) groups excluding carboxylic acids is 1. The first-order chi connectivity index (χ1) is 8.10. The lowest BCUT2D eigenvalue weighted by molar-refractivity contribution is -0.137. The molecule has 0 saturated carbocycles. The summed E-state index contributed by atoms with van der Waals surface area (Å²) in [6.07, 6.45) is 1.82. The number of nitrogens with one attached hydrogen (secondary N) is 1. The molecule has 2 unspecified atom stereocenters. The Morgan fingerprint density at radius 1 is 1.44 bits per heavy atom. The monoisotopic (exact) mass is 277 g/mol. The maximum atomic E-state index is 11.5. The highest BCUT2D eigenvalue weighted by molar-refractivity contribution is 7.87. The molecule has 0 aromatic rings. The van der Waals surface area contributed by atoms with Gasteiger partial charge in [-0.3, -0.25) is 9.00 Å². The first kappa shape index (κ1) is 16.6. The van der Waals surface area contributed by atoms with Gasteiger partial charge in [0.1, 0.15) is 5.60 Å². The van der Waals surface area contributed by atoms with E-state index >= 15 is 0 Å². The van der Waals surface area contributed by atoms with Crippen LogP contribution in [0.4, 0.5) is 4.79 Å². The Balaban J connectivity index is 4.54. The molecule has 0 aliphatic rings. The van der Waals surface area contributed by atoms with E-state index in [9.17, 15) is 13.8 Å². The highest BCUT2D eigenvalue weighted by Gasteiger charge is 2.19. The molecular weight excluding hydrogens is 258 g/mol. The number of ether oxygens (including phenoxy) is 1. The van der Waals surface area contributed by atoms with Gasteiger partial charge in [0.05, 0.1) is 12.5 Å². The molecular formula is C11H19NO5S. The van der Waals surface area contributed by atoms with Crippen LogP contribution in [-0.2, 0) is 20.3 Å². The first-order valence-electron chi connectivity index (χ1n) is 5.32. The second-order valence-electron chi connectivity index (χ2n) is 4.68. The summed E-state index contributed by atoms with van der Waals surface area (Å²) < 4.78 is 15.9. The molecule has 1 amide bonds. The van der Waals surface area contributed by atoms with Crippen molar-refractivity contribution in [2.45, 2.75) is 38.8 Å². The topological polar surface area (TPSA) is 92.7 Å². The number of carbonyl (C=O) groups is 2. The van der Waals surface area contributed by atoms with E-state index in [-0.39, 0.29) is 6.42 Å². The number of carboxylic acids is 1. The molecule has 2 atom stereocenters. The Bertz CT molecular complexity index is 359. The van der Waals surface area contributed by atoms with Crippen LogP contribution in [0.5, 0.6) is 0 Å². The van der Waals surface area contributed by atoms with Crippen molar-refractivity contribution < 1.29 is 23.6 Å². The van der Waals surface area contributed by atoms with Crippen molar-refractivity contribution >= 4 is 22.9 Å². The Hall–Kier alpha value is -1.37. The van der Waals surface area contributed by atoms with E-state index in [0.29, 0.717) is 0 Å². The number of alkyl carbamates (subject to hydrolysis) is 1. The van der Waals surface area contributed by atoms with Crippen LogP contribution in [0.15, 0.2) is 11.5 Å². The normalized spacial score (nSPS) is 15.1. The van der Waals surface area contributed by atoms with Crippen molar-refractivity contribution in [3.05, 3.63) is 11.5 Å². The Morgan fingerprint density at radius 3 is 2.39 bits per heavy atom. The van der Waals surface area contributed by atoms with E-state index in [2.05, 4.69) is 5.32 Å². The fourth-order valence-electron chi connectivity index (χ4n) is 1.02. The standard InChI is InChI=1S/C11H19NO5S/c1-11(2,3)17-10(15)12-8(7-9(13)14)5-6-18(4)16/h5-6,8H,7H2,1-4H3,(H,12,15)(H,13,14)/b6-5+. The molecule has 0 bridgehead atoms. The van der Waals surface area contributed by atoms with E-state index in [4.69, 9.17) is 9.84 Å². The van der Waals surface area contributed by atoms with Crippen molar-refractivity contribution in [2.24, 2.45) is 0 Å². The van der Waals surface area contributed by atoms with Crippen LogP contribution in [0.3, 0.4) is 0 Å². The zero-order valence-electron chi connectivity index (χ0n) is 10.9. The maximum Gasteiger partial charge on any atom is 0.408 e. The molecule has 0 aromatic carbocycles. The predicted octanol–water partition coefficient (Wildman–Crippen LogP) is 1.25. The van der Waals surface area contributed by atoms with Gasteiger partial charge in [-0.15, -0.1) is 0 Å². The maximum absolute atomic E-state index is 11.5. The van der Waals surface area contributed by atoms with Crippen LogP contribution in [0, 0.1) is 0 Å². The number of hydrogen-bond acceptors (Lipinski definition) is 4. The molecule has 0 fully saturated rings. The minimum atomic E-state index is -1.20. The van der Waals surface area contributed by atoms with E-state index in [1.54, 1.807) is 20.8 Å². The molecule has 104 valence electrons. The van der Waals surface area contributed by atoms with Crippen LogP contribution >= 0.6 is 0 Å². The zero-order chi connectivity index (χ0) is 14.3. The third kappa shape index (κ3) is 9.83. The number of aliphatic carboxylic acids is 1. The van der Waals surface area contributed by atoms with Crippen LogP contribution in [0.1, 0.15) is 27.2 Å². The summed E-state index contributed by atoms with van der Waals surface area (Å²) >= 11 is 0. The van der Waals surface area contributed by atoms with Crippen molar-refractivity contribution in [3.63, 3.8) is 0 Å². The molecule has 0 saturated heterocycles. The Kier molecular flexibility index (Phi) is 6.61. The van der Waals surface area contributed by atoms with Gasteiger partial charge in [0.2, 0.25) is 0 Å². The summed E-state index contributed by atoms with van der Waals surface area (Å²) in [5.74, 6) is -1.07. The summed E-state index contributed by atoms with van der Waals surface area (Å²) in [4.78, 5) is 22.1. The number of rotatable bonds is 5. The van der Waals surface area contributed by atoms with Gasteiger partial charge in [-0.05, 0) is 20.8 Å². The molecule has 0 aromatic heterocycles. The van der Waals surface area contributed by atoms with E-state index < -0.39 is 34.5 Å². The van der Waals surface area contributed by atoms with Gasteiger partial charge in [0, 0.05) is 22.5 Å². The summed E-state index contributed by atoms with van der Waals surface area (Å²) in [6.45, 7) is 5.11. The van der Waals surface area contributed by atoms with Crippen LogP contribution in [-0.4, -0.2) is 39.3 Å². The summed E-state index contributed by atoms with van der Waals surface area (Å²) in [5, 5.41) is 12.4. The lowest BCUT2D eigenvalue weighted by Crippen LogP contribution is -2.39. The van der Waals surface area contributed by atoms with Crippen LogP contribution in [0.2, 0.25) is 0 Å². The largest absolute Gasteiger partial charge is 0.481 e. The molecule has 0 spiro atoms. The van der Waals surface area contributed by atoms with Crippen molar-refractivity contribution in [1.29, 1.82) is 0 Å². The van der Waals surface area contributed by atoms with Crippen molar-refractivity contribution in [1.82, 2.24) is 5.32 Å². The predicted molar refractivity (Wildman–Crippen MR) is 68.6 cm³/mol. The molecule has 0 rings (SSSR count). The van der Waals surface area contributed by atoms with Crippen molar-refractivity contribution in [2.75, 3.05) is 6.26 Å². The van der Waals surface area contributed by atoms with Crippen LogP contribution < -0.4 is 5.32 Å². The van der Waals surface area contributed by atoms with Gasteiger partial charge >= 0.3 is 12.1 Å². The van der Waals surface area contributed by atoms with Gasteiger partial charge in [-0.2, -0.15) is 0 Å². The summed E-state index contributed by atoms with van der Waals surface area (Å²) in [5.41, 5.74) is -0.658. The highest BCUT2D eigenvalue weighted by atomic mass is 32.2. The van der Waals surface area contributed by atoms with Gasteiger partial charge in [-0.1, -0.05) is 6.08 Å². The second kappa shape index (κ2) is 7.15. The quantitative estimate of drug-likeness (QED) is 0.789. The Labute approximate surface area is 109 Å². The van der Waals surface area contributed by atoms with Crippen molar-refractivity contribution in [3.8, 4) is 0 Å². The van der Waals surface area contributed by atoms with Crippen LogP contribution in [0.25, 0.3) is 0 Å². The molecule has 0 aliphatic carbocycles. The Morgan fingerprint density at radius 2 is 2.00 bits per heavy atom. The molecule has 6 nitrogen and oxygen atoms in total. The number of hydrogen-bond donors (Lipinski definition) is 2. The SMILES string of the molecule is CS(=O)/C=C/C(CC(=O)O)NC(=O)OC(C)(C)C. The minimum absolute atomic E-state index is 0.299. The first-order valence-corrected chi connectivity index (χ1v) is 6.94. The molecule has 0 radical (unpaired) electrons. The van der Waals surface area contributed by atoms with E-state index in [1.807, 2.05) is 0 Å². The molecule has 0 heterocycles. The molecule has 0 aliphatic heterocycles. The van der Waals surface area contributed by atoms with Gasteiger partial charge < -0.3 is 15.2 Å². The molecule has 7 heteroatoms. The smallest absolute Gasteiger partial charge is 0.408 e. The minimum Gasteiger partial charge on any atom is -0.481 e. The number of carboxylic acid groups (broad SMARTS) is 1. The lowest BCUT2D eigenvalue weighted by atomic mass is 10.2. The van der Waals surface area contributed by atoms with E-state index in [0.717, 1.165) is 0 Å². The third-order valence-corrected chi connectivity index (χ3v) is 2.14. The molecule has 18 heavy (non-hydrogen) atoms. The zero-order valence-corrected chi connectivity index (χ0v) is 11.7. The van der Waals surface area contributed by atoms with Gasteiger partial charge in [0.15, 0.2) is 0 Å². The average molecular weight is 277 g/mol. The van der Waals surface area contributed by atoms with E-state index in [1.165, 1.54) is 17.7 Å². The summed E-state index contributed by atoms with van der Waals surface area (Å²) in [6, 6.07) is -0.749. The highest BCUT2D eigenvalue weighted by Crippen LogP contribution is 2.07. The lowest BCUT2D eigenvalue weighted by Gasteiger charge is -2.21. The number of amides is 1. The molecule has 2 N–H and O–H groups in total. The van der Waals surface area contributed by atoms with Gasteiger partial charge in [0.25, 0.3) is 0 Å². The average Bonchev–Trinajstić information content (AvgIpc) is 2.09.